The lowest BCUT2D eigenvalue weighted by atomic mass is 9.90. The Kier molecular flexibility index (Phi) is 7.13. The van der Waals surface area contributed by atoms with Crippen LogP contribution in [0.5, 0.6) is 5.75 Å². The number of aromatic nitrogens is 2. The molecule has 0 saturated heterocycles. The summed E-state index contributed by atoms with van der Waals surface area (Å²) in [6, 6.07) is 10.2. The molecule has 0 bridgehead atoms. The summed E-state index contributed by atoms with van der Waals surface area (Å²) in [5.41, 5.74) is 13.1. The minimum atomic E-state index is -4.80. The molecular weight excluding hydrogens is 475 g/mol. The third kappa shape index (κ3) is 6.32. The van der Waals surface area contributed by atoms with Crippen molar-refractivity contribution in [3.63, 3.8) is 0 Å². The van der Waals surface area contributed by atoms with Crippen molar-refractivity contribution in [1.82, 2.24) is 9.97 Å². The monoisotopic (exact) mass is 501 g/mol. The second kappa shape index (κ2) is 10.3. The zero-order chi connectivity index (χ0) is 25.9. The minimum Gasteiger partial charge on any atom is -0.406 e. The number of nitrogens with zero attached hydrogens (tertiary/aromatic N) is 3. The molecule has 190 valence electrons. The van der Waals surface area contributed by atoms with Crippen LogP contribution in [0, 0.1) is 6.92 Å². The predicted molar refractivity (Wildman–Crippen MR) is 131 cm³/mol. The number of anilines is 2. The number of nitrogens with one attached hydrogen (secondary N) is 2. The van der Waals surface area contributed by atoms with E-state index in [2.05, 4.69) is 30.3 Å². The van der Waals surface area contributed by atoms with Gasteiger partial charge in [0.05, 0.1) is 17.6 Å². The standard InChI is InChI=1S/C24H26F3N7O2/c1-13-6-11-17-16(12-13)20(32-18-4-2-3-5-19(18)33-23(28)29)34-21(31-17)22(35)30-14-7-9-15(10-8-14)36-24(25,26)27/h6-12,18-19H,2-5H2,1H3,(H,30,35)(H4,28,29,33)(H,31,32,34)/t18-,19+/m0/s1. The Bertz CT molecular complexity index is 1280. The number of hydrogen-bond acceptors (Lipinski definition) is 6. The molecule has 1 amide bonds. The van der Waals surface area contributed by atoms with Crippen LogP contribution < -0.4 is 26.8 Å². The Hall–Kier alpha value is -4.09. The summed E-state index contributed by atoms with van der Waals surface area (Å²) in [7, 11) is 0. The van der Waals surface area contributed by atoms with Crippen LogP contribution in [0.15, 0.2) is 47.5 Å². The molecule has 1 aliphatic rings. The van der Waals surface area contributed by atoms with Gasteiger partial charge in [0.1, 0.15) is 11.6 Å². The maximum Gasteiger partial charge on any atom is 0.573 e. The van der Waals surface area contributed by atoms with Gasteiger partial charge in [0, 0.05) is 11.1 Å². The number of nitrogens with two attached hydrogens (primary N) is 2. The van der Waals surface area contributed by atoms with Crippen LogP contribution in [0.25, 0.3) is 10.9 Å². The van der Waals surface area contributed by atoms with E-state index in [9.17, 15) is 18.0 Å². The first-order chi connectivity index (χ1) is 17.1. The first kappa shape index (κ1) is 25.0. The number of halogens is 3. The van der Waals surface area contributed by atoms with Gasteiger partial charge in [-0.05, 0) is 56.2 Å². The Morgan fingerprint density at radius 1 is 1.08 bits per heavy atom. The summed E-state index contributed by atoms with van der Waals surface area (Å²) in [6.45, 7) is 1.94. The number of guanidine groups is 1. The molecule has 3 aromatic rings. The Balaban J connectivity index is 1.61. The Labute approximate surface area is 205 Å². The van der Waals surface area contributed by atoms with Gasteiger partial charge >= 0.3 is 6.36 Å². The highest BCUT2D eigenvalue weighted by Crippen LogP contribution is 2.29. The molecule has 1 aromatic heterocycles. The number of amides is 1. The fourth-order valence-electron chi connectivity index (χ4n) is 4.18. The summed E-state index contributed by atoms with van der Waals surface area (Å²) < 4.78 is 41.0. The number of carbonyl (C=O) groups is 1. The van der Waals surface area contributed by atoms with Gasteiger partial charge in [-0.15, -0.1) is 13.2 Å². The molecule has 12 heteroatoms. The van der Waals surface area contributed by atoms with Gasteiger partial charge in [0.15, 0.2) is 5.96 Å². The summed E-state index contributed by atoms with van der Waals surface area (Å²) in [5.74, 6) is -0.616. The second-order valence-electron chi connectivity index (χ2n) is 8.60. The summed E-state index contributed by atoms with van der Waals surface area (Å²) in [6.07, 6.45) is -1.16. The van der Waals surface area contributed by atoms with E-state index in [0.29, 0.717) is 11.3 Å². The van der Waals surface area contributed by atoms with Crippen molar-refractivity contribution in [2.75, 3.05) is 10.6 Å². The molecule has 6 N–H and O–H groups in total. The van der Waals surface area contributed by atoms with Crippen molar-refractivity contribution >= 4 is 34.3 Å². The van der Waals surface area contributed by atoms with E-state index in [1.54, 1.807) is 6.07 Å². The van der Waals surface area contributed by atoms with Crippen LogP contribution in [-0.4, -0.2) is 40.3 Å². The number of benzene rings is 2. The molecule has 0 aliphatic heterocycles. The second-order valence-corrected chi connectivity index (χ2v) is 8.60. The molecule has 4 rings (SSSR count). The molecule has 36 heavy (non-hydrogen) atoms. The van der Waals surface area contributed by atoms with Gasteiger partial charge in [0.2, 0.25) is 5.82 Å². The van der Waals surface area contributed by atoms with E-state index in [1.807, 2.05) is 19.1 Å². The number of rotatable bonds is 6. The topological polar surface area (TPSA) is 141 Å². The van der Waals surface area contributed by atoms with Crippen LogP contribution in [0.4, 0.5) is 24.7 Å². The quantitative estimate of drug-likeness (QED) is 0.295. The molecule has 0 radical (unpaired) electrons. The molecule has 2 aromatic carbocycles. The van der Waals surface area contributed by atoms with Crippen molar-refractivity contribution in [1.29, 1.82) is 0 Å². The van der Waals surface area contributed by atoms with E-state index in [4.69, 9.17) is 11.5 Å². The van der Waals surface area contributed by atoms with E-state index < -0.39 is 18.0 Å². The van der Waals surface area contributed by atoms with Crippen molar-refractivity contribution in [2.45, 2.75) is 51.1 Å². The van der Waals surface area contributed by atoms with Crippen molar-refractivity contribution < 1.29 is 22.7 Å². The van der Waals surface area contributed by atoms with E-state index in [-0.39, 0.29) is 29.6 Å². The number of aryl methyl sites for hydroxylation is 1. The molecule has 1 aliphatic carbocycles. The lowest BCUT2D eigenvalue weighted by molar-refractivity contribution is -0.274. The van der Waals surface area contributed by atoms with Crippen LogP contribution in [0.2, 0.25) is 0 Å². The molecular formula is C24H26F3N7O2. The van der Waals surface area contributed by atoms with Crippen LogP contribution in [-0.2, 0) is 0 Å². The normalized spacial score (nSPS) is 17.9. The van der Waals surface area contributed by atoms with Gasteiger partial charge in [0.25, 0.3) is 5.91 Å². The number of hydrogen-bond donors (Lipinski definition) is 4. The van der Waals surface area contributed by atoms with Crippen molar-refractivity contribution in [3.8, 4) is 5.75 Å². The average Bonchev–Trinajstić information content (AvgIpc) is 2.80. The first-order valence-corrected chi connectivity index (χ1v) is 11.4. The summed E-state index contributed by atoms with van der Waals surface area (Å²) >= 11 is 0. The van der Waals surface area contributed by atoms with Gasteiger partial charge in [-0.1, -0.05) is 24.5 Å². The first-order valence-electron chi connectivity index (χ1n) is 11.4. The smallest absolute Gasteiger partial charge is 0.406 e. The zero-order valence-corrected chi connectivity index (χ0v) is 19.5. The predicted octanol–water partition coefficient (Wildman–Crippen LogP) is 4.09. The van der Waals surface area contributed by atoms with Crippen LogP contribution >= 0.6 is 0 Å². The molecule has 0 unspecified atom stereocenters. The maximum absolute atomic E-state index is 13.0. The number of ether oxygens (including phenoxy) is 1. The molecule has 9 nitrogen and oxygen atoms in total. The largest absolute Gasteiger partial charge is 0.573 e. The van der Waals surface area contributed by atoms with Crippen molar-refractivity contribution in [2.24, 2.45) is 16.5 Å². The van der Waals surface area contributed by atoms with Gasteiger partial charge in [-0.2, -0.15) is 0 Å². The third-order valence-corrected chi connectivity index (χ3v) is 5.77. The highest BCUT2D eigenvalue weighted by Gasteiger charge is 2.31. The molecule has 2 atom stereocenters. The fraction of sp³-hybridized carbons (Fsp3) is 0.333. The third-order valence-electron chi connectivity index (χ3n) is 5.77. The summed E-state index contributed by atoms with van der Waals surface area (Å²) in [4.78, 5) is 26.2. The highest BCUT2D eigenvalue weighted by molar-refractivity contribution is 6.04. The minimum absolute atomic E-state index is 0.0174. The summed E-state index contributed by atoms with van der Waals surface area (Å²) in [5, 5.41) is 6.77. The molecule has 0 spiro atoms. The number of alkyl halides is 3. The number of fused-ring (bicyclic) bond motifs is 1. The zero-order valence-electron chi connectivity index (χ0n) is 19.5. The average molecular weight is 502 g/mol. The molecule has 1 heterocycles. The van der Waals surface area contributed by atoms with Crippen molar-refractivity contribution in [3.05, 3.63) is 53.9 Å². The molecule has 1 fully saturated rings. The van der Waals surface area contributed by atoms with E-state index in [1.165, 1.54) is 12.1 Å². The Morgan fingerprint density at radius 2 is 1.81 bits per heavy atom. The van der Waals surface area contributed by atoms with Crippen LogP contribution in [0.3, 0.4) is 0 Å². The van der Waals surface area contributed by atoms with Crippen LogP contribution in [0.1, 0.15) is 41.9 Å². The van der Waals surface area contributed by atoms with E-state index >= 15 is 0 Å². The SMILES string of the molecule is Cc1ccc2nc(C(=O)Nc3ccc(OC(F)(F)F)cc3)nc(N[C@H]3CCCC[C@H]3N=C(N)N)c2c1. The maximum atomic E-state index is 13.0. The molecule has 1 saturated carbocycles. The van der Waals surface area contributed by atoms with E-state index in [0.717, 1.165) is 48.8 Å². The Morgan fingerprint density at radius 3 is 2.50 bits per heavy atom. The van der Waals surface area contributed by atoms with Gasteiger partial charge in [-0.25, -0.2) is 15.0 Å². The fourth-order valence-corrected chi connectivity index (χ4v) is 4.18. The lowest BCUT2D eigenvalue weighted by Gasteiger charge is -2.30. The number of carbonyl (C=O) groups excluding carboxylic acids is 1. The van der Waals surface area contributed by atoms with Gasteiger partial charge < -0.3 is 26.8 Å². The number of aliphatic imine (C=N–C) groups is 1. The van der Waals surface area contributed by atoms with Gasteiger partial charge in [-0.3, -0.25) is 4.79 Å². The lowest BCUT2D eigenvalue weighted by Crippen LogP contribution is -2.38. The highest BCUT2D eigenvalue weighted by atomic mass is 19.4.